The number of nitrogens with zero attached hydrogens (tertiary/aromatic N) is 3. The molecule has 1 atom stereocenters. The van der Waals surface area contributed by atoms with E-state index in [0.29, 0.717) is 13.2 Å². The molecule has 0 saturated carbocycles. The molecular formula is C10H15N3O3S. The van der Waals surface area contributed by atoms with Gasteiger partial charge in [-0.05, 0) is 6.92 Å². The molecular weight excluding hydrogens is 242 g/mol. The van der Waals surface area contributed by atoms with Gasteiger partial charge in [-0.3, -0.25) is 4.79 Å². The van der Waals surface area contributed by atoms with Crippen LogP contribution in [0.3, 0.4) is 0 Å². The van der Waals surface area contributed by atoms with Crippen molar-refractivity contribution in [2.75, 3.05) is 31.7 Å². The number of carbonyl (C=O) groups is 1. The van der Waals surface area contributed by atoms with Crippen molar-refractivity contribution in [2.45, 2.75) is 19.4 Å². The van der Waals surface area contributed by atoms with E-state index in [-0.39, 0.29) is 18.5 Å². The molecule has 0 radical (unpaired) electrons. The number of esters is 1. The number of rotatable bonds is 3. The fourth-order valence-electron chi connectivity index (χ4n) is 1.70. The molecule has 1 unspecified atom stereocenters. The van der Waals surface area contributed by atoms with Gasteiger partial charge in [0.1, 0.15) is 5.01 Å². The highest BCUT2D eigenvalue weighted by molar-refractivity contribution is 7.15. The molecule has 2 heterocycles. The van der Waals surface area contributed by atoms with Crippen molar-refractivity contribution >= 4 is 22.4 Å². The van der Waals surface area contributed by atoms with Crippen LogP contribution in [0, 0.1) is 6.92 Å². The van der Waals surface area contributed by atoms with E-state index in [0.717, 1.165) is 16.7 Å². The SMILES string of the molecule is COC(=O)CC1CN(c2nnc(C)s2)CCO1. The lowest BCUT2D eigenvalue weighted by Gasteiger charge is -2.31. The van der Waals surface area contributed by atoms with Gasteiger partial charge in [-0.15, -0.1) is 10.2 Å². The van der Waals surface area contributed by atoms with Gasteiger partial charge in [0.05, 0.1) is 26.2 Å². The Morgan fingerprint density at radius 1 is 1.65 bits per heavy atom. The molecule has 0 spiro atoms. The molecule has 1 aliphatic heterocycles. The van der Waals surface area contributed by atoms with Gasteiger partial charge in [-0.1, -0.05) is 11.3 Å². The number of morpholine rings is 1. The first-order valence-electron chi connectivity index (χ1n) is 5.42. The Labute approximate surface area is 104 Å². The summed E-state index contributed by atoms with van der Waals surface area (Å²) in [6, 6.07) is 0. The first-order chi connectivity index (χ1) is 8.19. The van der Waals surface area contributed by atoms with Gasteiger partial charge in [0, 0.05) is 13.1 Å². The predicted molar refractivity (Wildman–Crippen MR) is 63.2 cm³/mol. The minimum atomic E-state index is -0.245. The number of hydrogen-bond donors (Lipinski definition) is 0. The molecule has 0 bridgehead atoms. The van der Waals surface area contributed by atoms with Gasteiger partial charge in [0.2, 0.25) is 5.13 Å². The minimum absolute atomic E-state index is 0.125. The molecule has 6 nitrogen and oxygen atoms in total. The van der Waals surface area contributed by atoms with Crippen LogP contribution in [0.25, 0.3) is 0 Å². The third kappa shape index (κ3) is 3.13. The molecule has 1 saturated heterocycles. The van der Waals surface area contributed by atoms with Crippen LogP contribution in [-0.2, 0) is 14.3 Å². The fraction of sp³-hybridized carbons (Fsp3) is 0.700. The standard InChI is InChI=1S/C10H15N3O3S/c1-7-11-12-10(17-7)13-3-4-16-8(6-13)5-9(14)15-2/h8H,3-6H2,1-2H3. The maximum absolute atomic E-state index is 11.2. The first kappa shape index (κ1) is 12.3. The second-order valence-corrected chi connectivity index (χ2v) is 4.98. The zero-order chi connectivity index (χ0) is 12.3. The number of ether oxygens (including phenoxy) is 2. The number of aryl methyl sites for hydroxylation is 1. The van der Waals surface area contributed by atoms with Gasteiger partial charge in [0.15, 0.2) is 0 Å². The van der Waals surface area contributed by atoms with E-state index in [1.165, 1.54) is 7.11 Å². The summed E-state index contributed by atoms with van der Waals surface area (Å²) in [7, 11) is 1.39. The van der Waals surface area contributed by atoms with Gasteiger partial charge < -0.3 is 14.4 Å². The predicted octanol–water partition coefficient (Wildman–Crippen LogP) is 0.615. The third-order valence-corrected chi connectivity index (χ3v) is 3.45. The average molecular weight is 257 g/mol. The number of aromatic nitrogens is 2. The van der Waals surface area contributed by atoms with Crippen LogP contribution >= 0.6 is 11.3 Å². The highest BCUT2D eigenvalue weighted by atomic mass is 32.1. The number of hydrogen-bond acceptors (Lipinski definition) is 7. The smallest absolute Gasteiger partial charge is 0.308 e. The number of anilines is 1. The summed E-state index contributed by atoms with van der Waals surface area (Å²) in [6.07, 6.45) is 0.158. The first-order valence-corrected chi connectivity index (χ1v) is 6.24. The van der Waals surface area contributed by atoms with Crippen LogP contribution in [0.2, 0.25) is 0 Å². The lowest BCUT2D eigenvalue weighted by Crippen LogP contribution is -2.43. The Bertz CT molecular complexity index is 396. The van der Waals surface area contributed by atoms with Crippen molar-refractivity contribution in [1.82, 2.24) is 10.2 Å². The van der Waals surface area contributed by atoms with Crippen molar-refractivity contribution in [1.29, 1.82) is 0 Å². The normalized spacial score (nSPS) is 20.4. The van der Waals surface area contributed by atoms with Gasteiger partial charge in [-0.2, -0.15) is 0 Å². The van der Waals surface area contributed by atoms with Gasteiger partial charge >= 0.3 is 5.97 Å². The summed E-state index contributed by atoms with van der Waals surface area (Å²) in [5.74, 6) is -0.245. The van der Waals surface area contributed by atoms with Gasteiger partial charge in [0.25, 0.3) is 0 Å². The quantitative estimate of drug-likeness (QED) is 0.739. The van der Waals surface area contributed by atoms with Crippen molar-refractivity contribution in [2.24, 2.45) is 0 Å². The van der Waals surface area contributed by atoms with Crippen molar-refractivity contribution in [3.05, 3.63) is 5.01 Å². The van der Waals surface area contributed by atoms with E-state index in [1.807, 2.05) is 6.92 Å². The fourth-order valence-corrected chi connectivity index (χ4v) is 2.42. The summed E-state index contributed by atoms with van der Waals surface area (Å²) in [5, 5.41) is 9.91. The van der Waals surface area contributed by atoms with Crippen LogP contribution < -0.4 is 4.90 Å². The molecule has 1 aliphatic rings. The van der Waals surface area contributed by atoms with Crippen LogP contribution in [-0.4, -0.2) is 49.1 Å². The van der Waals surface area contributed by atoms with E-state index >= 15 is 0 Å². The van der Waals surface area contributed by atoms with Crippen molar-refractivity contribution in [3.63, 3.8) is 0 Å². The molecule has 1 aromatic rings. The van der Waals surface area contributed by atoms with Crippen molar-refractivity contribution < 1.29 is 14.3 Å². The van der Waals surface area contributed by atoms with Gasteiger partial charge in [-0.25, -0.2) is 0 Å². The van der Waals surface area contributed by atoms with Crippen LogP contribution in [0.1, 0.15) is 11.4 Å². The second-order valence-electron chi connectivity index (χ2n) is 3.82. The summed E-state index contributed by atoms with van der Waals surface area (Å²) < 4.78 is 10.2. The molecule has 7 heteroatoms. The maximum atomic E-state index is 11.2. The largest absolute Gasteiger partial charge is 0.469 e. The molecule has 2 rings (SSSR count). The third-order valence-electron chi connectivity index (χ3n) is 2.55. The zero-order valence-electron chi connectivity index (χ0n) is 9.88. The Morgan fingerprint density at radius 2 is 2.47 bits per heavy atom. The number of carbonyl (C=O) groups excluding carboxylic acids is 1. The van der Waals surface area contributed by atoms with E-state index in [1.54, 1.807) is 11.3 Å². The Morgan fingerprint density at radius 3 is 3.12 bits per heavy atom. The molecule has 1 fully saturated rings. The monoisotopic (exact) mass is 257 g/mol. The Kier molecular flexibility index (Phi) is 3.90. The maximum Gasteiger partial charge on any atom is 0.308 e. The lowest BCUT2D eigenvalue weighted by molar-refractivity contribution is -0.144. The molecule has 0 amide bonds. The molecule has 17 heavy (non-hydrogen) atoms. The molecule has 0 aromatic carbocycles. The summed E-state index contributed by atoms with van der Waals surface area (Å²) >= 11 is 1.55. The molecule has 94 valence electrons. The van der Waals surface area contributed by atoms with E-state index in [4.69, 9.17) is 4.74 Å². The average Bonchev–Trinajstić information content (AvgIpc) is 2.76. The Balaban J connectivity index is 1.95. The minimum Gasteiger partial charge on any atom is -0.469 e. The number of methoxy groups -OCH3 is 1. The van der Waals surface area contributed by atoms with Crippen molar-refractivity contribution in [3.8, 4) is 0 Å². The summed E-state index contributed by atoms with van der Waals surface area (Å²) in [5.41, 5.74) is 0. The molecule has 0 N–H and O–H groups in total. The highest BCUT2D eigenvalue weighted by Crippen LogP contribution is 2.22. The summed E-state index contributed by atoms with van der Waals surface area (Å²) in [6.45, 7) is 3.96. The van der Waals surface area contributed by atoms with Crippen LogP contribution in [0.4, 0.5) is 5.13 Å². The van der Waals surface area contributed by atoms with E-state index < -0.39 is 0 Å². The second kappa shape index (κ2) is 5.42. The van der Waals surface area contributed by atoms with E-state index in [2.05, 4.69) is 19.8 Å². The Hall–Kier alpha value is -1.21. The zero-order valence-corrected chi connectivity index (χ0v) is 10.7. The molecule has 1 aromatic heterocycles. The van der Waals surface area contributed by atoms with E-state index in [9.17, 15) is 4.79 Å². The van der Waals surface area contributed by atoms with Crippen LogP contribution in [0.5, 0.6) is 0 Å². The van der Waals surface area contributed by atoms with Crippen LogP contribution in [0.15, 0.2) is 0 Å². The highest BCUT2D eigenvalue weighted by Gasteiger charge is 2.25. The lowest BCUT2D eigenvalue weighted by atomic mass is 10.2. The summed E-state index contributed by atoms with van der Waals surface area (Å²) in [4.78, 5) is 13.3. The topological polar surface area (TPSA) is 64.5 Å². The molecule has 0 aliphatic carbocycles.